The number of nitrogens with one attached hydrogen (secondary N) is 1. The maximum atomic E-state index is 13.3. The Morgan fingerprint density at radius 1 is 1.06 bits per heavy atom. The summed E-state index contributed by atoms with van der Waals surface area (Å²) in [6.07, 6.45) is 6.13. The Kier molecular flexibility index (Phi) is 12.2. The van der Waals surface area contributed by atoms with Gasteiger partial charge < -0.3 is 10.1 Å². The van der Waals surface area contributed by atoms with Crippen molar-refractivity contribution in [2.75, 3.05) is 13.2 Å². The normalized spacial score (nSPS) is 20.7. The summed E-state index contributed by atoms with van der Waals surface area (Å²) in [7, 11) is 0. The molecule has 0 radical (unpaired) electrons. The molecule has 1 amide bonds. The van der Waals surface area contributed by atoms with Crippen LogP contribution in [-0.2, 0) is 19.1 Å². The Labute approximate surface area is 195 Å². The minimum Gasteiger partial charge on any atom is -0.463 e. The van der Waals surface area contributed by atoms with Gasteiger partial charge in [-0.25, -0.2) is 4.79 Å². The van der Waals surface area contributed by atoms with Crippen LogP contribution in [0.3, 0.4) is 0 Å². The molecule has 1 aliphatic rings. The number of piperidine rings is 1. The van der Waals surface area contributed by atoms with Gasteiger partial charge >= 0.3 is 5.97 Å². The van der Waals surface area contributed by atoms with E-state index in [4.69, 9.17) is 4.74 Å². The van der Waals surface area contributed by atoms with Crippen LogP contribution in [0.15, 0.2) is 11.6 Å². The minimum absolute atomic E-state index is 0.00460. The summed E-state index contributed by atoms with van der Waals surface area (Å²) in [6.45, 7) is 17.1. The lowest BCUT2D eigenvalue weighted by molar-refractivity contribution is -0.138. The van der Waals surface area contributed by atoms with Crippen molar-refractivity contribution in [1.29, 1.82) is 0 Å². The zero-order chi connectivity index (χ0) is 24.4. The molecule has 1 fully saturated rings. The molecule has 1 rings (SSSR count). The van der Waals surface area contributed by atoms with Crippen LogP contribution in [0.2, 0.25) is 0 Å². The largest absolute Gasteiger partial charge is 0.463 e. The molecule has 6 heteroatoms. The molecule has 1 heterocycles. The van der Waals surface area contributed by atoms with Gasteiger partial charge in [0.15, 0.2) is 5.78 Å². The summed E-state index contributed by atoms with van der Waals surface area (Å²) >= 11 is 0. The average Bonchev–Trinajstić information content (AvgIpc) is 2.75. The number of carbonyl (C=O) groups excluding carboxylic acids is 3. The van der Waals surface area contributed by atoms with Crippen LogP contribution >= 0.6 is 0 Å². The smallest absolute Gasteiger partial charge is 0.333 e. The van der Waals surface area contributed by atoms with Crippen LogP contribution in [0.5, 0.6) is 0 Å². The van der Waals surface area contributed by atoms with Crippen LogP contribution < -0.4 is 5.32 Å². The molecule has 1 N–H and O–H groups in total. The quantitative estimate of drug-likeness (QED) is 0.349. The van der Waals surface area contributed by atoms with Crippen LogP contribution in [-0.4, -0.2) is 53.8 Å². The van der Waals surface area contributed by atoms with Gasteiger partial charge in [-0.15, -0.1) is 0 Å². The standard InChI is InChI=1S/C26H46N2O4/c1-9-20(8)28-14-12-11-13-22(28)25(30)27-24(18(5)6)23(29)16-21(17(3)4)15-19(7)26(31)32-10-2/h15,17-18,20-22,24H,9-14,16H2,1-8H3,(H,27,30)/b19-15+/t20?,21-,22+,24-/m0/s1. The molecule has 1 saturated heterocycles. The molecule has 0 spiro atoms. The number of amides is 1. The van der Waals surface area contributed by atoms with Crippen molar-refractivity contribution in [3.05, 3.63) is 11.6 Å². The number of carbonyl (C=O) groups is 3. The number of rotatable bonds is 12. The summed E-state index contributed by atoms with van der Waals surface area (Å²) in [5, 5.41) is 3.09. The van der Waals surface area contributed by atoms with Crippen molar-refractivity contribution < 1.29 is 19.1 Å². The maximum absolute atomic E-state index is 13.3. The van der Waals surface area contributed by atoms with Gasteiger partial charge in [0.2, 0.25) is 5.91 Å². The third-order valence-electron chi connectivity index (χ3n) is 6.67. The van der Waals surface area contributed by atoms with E-state index < -0.39 is 6.04 Å². The van der Waals surface area contributed by atoms with E-state index >= 15 is 0 Å². The molecule has 0 saturated carbocycles. The van der Waals surface area contributed by atoms with Gasteiger partial charge in [0.05, 0.1) is 18.7 Å². The number of likely N-dealkylation sites (tertiary alicyclic amines) is 1. The first-order chi connectivity index (χ1) is 15.0. The number of allylic oxidation sites excluding steroid dienone is 1. The van der Waals surface area contributed by atoms with E-state index in [1.54, 1.807) is 13.8 Å². The van der Waals surface area contributed by atoms with Gasteiger partial charge in [0.1, 0.15) is 0 Å². The van der Waals surface area contributed by atoms with Crippen molar-refractivity contribution >= 4 is 17.7 Å². The van der Waals surface area contributed by atoms with Gasteiger partial charge in [-0.2, -0.15) is 0 Å². The fourth-order valence-corrected chi connectivity index (χ4v) is 4.35. The number of ether oxygens (including phenoxy) is 1. The molecular formula is C26H46N2O4. The molecule has 6 nitrogen and oxygen atoms in total. The highest BCUT2D eigenvalue weighted by Crippen LogP contribution is 2.24. The topological polar surface area (TPSA) is 75.7 Å². The van der Waals surface area contributed by atoms with E-state index in [2.05, 4.69) is 24.1 Å². The number of hydrogen-bond acceptors (Lipinski definition) is 5. The first-order valence-corrected chi connectivity index (χ1v) is 12.5. The number of ketones is 1. The van der Waals surface area contributed by atoms with Gasteiger partial charge in [-0.3, -0.25) is 14.5 Å². The zero-order valence-electron chi connectivity index (χ0n) is 21.6. The summed E-state index contributed by atoms with van der Waals surface area (Å²) < 4.78 is 5.08. The lowest BCUT2D eigenvalue weighted by atomic mass is 9.85. The van der Waals surface area contributed by atoms with E-state index in [9.17, 15) is 14.4 Å². The third-order valence-corrected chi connectivity index (χ3v) is 6.67. The SMILES string of the molecule is CCOC(=O)/C(C)=C/[C@@H](CC(=O)[C@@H](NC(=O)[C@H]1CCCCN1C(C)CC)C(C)C)C(C)C. The van der Waals surface area contributed by atoms with Crippen LogP contribution in [0.4, 0.5) is 0 Å². The van der Waals surface area contributed by atoms with E-state index in [0.29, 0.717) is 18.2 Å². The van der Waals surface area contributed by atoms with Crippen LogP contribution in [0.1, 0.15) is 87.5 Å². The lowest BCUT2D eigenvalue weighted by Crippen LogP contribution is -2.56. The Bertz CT molecular complexity index is 656. The fourth-order valence-electron chi connectivity index (χ4n) is 4.35. The predicted molar refractivity (Wildman–Crippen MR) is 129 cm³/mol. The Hall–Kier alpha value is -1.69. The molecule has 0 aromatic rings. The number of Topliss-reactive ketones (excluding diaryl/α,β-unsaturated/α-hetero) is 1. The summed E-state index contributed by atoms with van der Waals surface area (Å²) in [5.41, 5.74) is 0.523. The second kappa shape index (κ2) is 13.8. The van der Waals surface area contributed by atoms with Crippen molar-refractivity contribution in [1.82, 2.24) is 10.2 Å². The van der Waals surface area contributed by atoms with E-state index in [0.717, 1.165) is 32.2 Å². The first kappa shape index (κ1) is 28.3. The van der Waals surface area contributed by atoms with E-state index in [1.165, 1.54) is 0 Å². The number of hydrogen-bond donors (Lipinski definition) is 1. The minimum atomic E-state index is -0.527. The fraction of sp³-hybridized carbons (Fsp3) is 0.808. The average molecular weight is 451 g/mol. The van der Waals surface area contributed by atoms with Crippen molar-refractivity contribution in [2.24, 2.45) is 17.8 Å². The first-order valence-electron chi connectivity index (χ1n) is 12.5. The van der Waals surface area contributed by atoms with Gasteiger partial charge in [-0.1, -0.05) is 47.1 Å². The van der Waals surface area contributed by atoms with E-state index in [-0.39, 0.29) is 47.9 Å². The molecule has 0 aromatic carbocycles. The number of esters is 1. The summed E-state index contributed by atoms with van der Waals surface area (Å²) in [4.78, 5) is 40.8. The Balaban J connectivity index is 2.95. The molecular weight excluding hydrogens is 404 g/mol. The van der Waals surface area contributed by atoms with Gasteiger partial charge in [0.25, 0.3) is 0 Å². The van der Waals surface area contributed by atoms with E-state index in [1.807, 2.05) is 33.8 Å². The second-order valence-electron chi connectivity index (χ2n) is 9.89. The number of nitrogens with zero attached hydrogens (tertiary/aromatic N) is 1. The van der Waals surface area contributed by atoms with Gasteiger partial charge in [-0.05, 0) is 64.3 Å². The molecule has 0 bridgehead atoms. The molecule has 0 aliphatic carbocycles. The Morgan fingerprint density at radius 2 is 1.72 bits per heavy atom. The Morgan fingerprint density at radius 3 is 2.25 bits per heavy atom. The molecule has 0 aromatic heterocycles. The zero-order valence-corrected chi connectivity index (χ0v) is 21.6. The second-order valence-corrected chi connectivity index (χ2v) is 9.89. The van der Waals surface area contributed by atoms with Crippen molar-refractivity contribution in [2.45, 2.75) is 106 Å². The maximum Gasteiger partial charge on any atom is 0.333 e. The monoisotopic (exact) mass is 450 g/mol. The highest BCUT2D eigenvalue weighted by molar-refractivity contribution is 5.92. The highest BCUT2D eigenvalue weighted by atomic mass is 16.5. The molecule has 32 heavy (non-hydrogen) atoms. The van der Waals surface area contributed by atoms with Crippen LogP contribution in [0, 0.1) is 17.8 Å². The van der Waals surface area contributed by atoms with Crippen LogP contribution in [0.25, 0.3) is 0 Å². The highest BCUT2D eigenvalue weighted by Gasteiger charge is 2.34. The summed E-state index contributed by atoms with van der Waals surface area (Å²) in [5.74, 6) is -0.263. The van der Waals surface area contributed by atoms with Crippen molar-refractivity contribution in [3.8, 4) is 0 Å². The molecule has 1 aliphatic heterocycles. The summed E-state index contributed by atoms with van der Waals surface area (Å²) in [6, 6.07) is -0.346. The lowest BCUT2D eigenvalue weighted by Gasteiger charge is -2.39. The third kappa shape index (κ3) is 8.34. The molecule has 1 unspecified atom stereocenters. The predicted octanol–water partition coefficient (Wildman–Crippen LogP) is 4.52. The van der Waals surface area contributed by atoms with Crippen molar-refractivity contribution in [3.63, 3.8) is 0 Å². The molecule has 4 atom stereocenters. The van der Waals surface area contributed by atoms with Gasteiger partial charge in [0, 0.05) is 18.0 Å². The molecule has 184 valence electrons.